The summed E-state index contributed by atoms with van der Waals surface area (Å²) in [6.45, 7) is -0.00372. The fourth-order valence-electron chi connectivity index (χ4n) is 1.83. The maximum absolute atomic E-state index is 11.3. The van der Waals surface area contributed by atoms with Crippen molar-refractivity contribution < 1.29 is 69.2 Å². The smallest absolute Gasteiger partial charge is 0.338 e. The van der Waals surface area contributed by atoms with Crippen LogP contribution in [0.25, 0.3) is 0 Å². The van der Waals surface area contributed by atoms with E-state index in [4.69, 9.17) is 31.9 Å². The molecule has 0 aromatic rings. The third-order valence-electron chi connectivity index (χ3n) is 3.65. The molecule has 0 rings (SSSR count). The number of carbonyl (C=O) groups excluding carboxylic acids is 3. The Kier molecular flexibility index (Phi) is 16.6. The Bertz CT molecular complexity index is 658. The lowest BCUT2D eigenvalue weighted by Crippen LogP contribution is -2.49. The van der Waals surface area contributed by atoms with Crippen molar-refractivity contribution in [2.24, 2.45) is 11.5 Å². The zero-order valence-electron chi connectivity index (χ0n) is 17.6. The highest BCUT2D eigenvalue weighted by Crippen LogP contribution is 2.09. The van der Waals surface area contributed by atoms with Crippen LogP contribution in [0.3, 0.4) is 0 Å². The summed E-state index contributed by atoms with van der Waals surface area (Å²) in [5.41, 5.74) is 9.99. The molecule has 0 radical (unpaired) electrons. The summed E-state index contributed by atoms with van der Waals surface area (Å²) in [7, 11) is 0. The summed E-state index contributed by atoms with van der Waals surface area (Å²) in [6.07, 6.45) is -9.77. The fourth-order valence-corrected chi connectivity index (χ4v) is 1.83. The van der Waals surface area contributed by atoms with Gasteiger partial charge in [0.05, 0.1) is 19.6 Å². The van der Waals surface area contributed by atoms with E-state index in [2.05, 4.69) is 9.47 Å². The number of carbonyl (C=O) groups is 5. The average molecular weight is 486 g/mol. The number of aliphatic carboxylic acids is 2. The molecule has 0 aliphatic heterocycles. The van der Waals surface area contributed by atoms with E-state index < -0.39 is 86.0 Å². The van der Waals surface area contributed by atoms with E-state index >= 15 is 0 Å². The molecule has 0 heterocycles. The molecule has 16 nitrogen and oxygen atoms in total. The zero-order valence-corrected chi connectivity index (χ0v) is 17.6. The SMILES string of the molecule is CC(CC(=O)O)OC(=O)[C@H](O)[C@@H](O)[C@H](O)[C@H](O)CO.NCC(=O)OC(=O)CC[C@H](N)C(=O)O. The van der Waals surface area contributed by atoms with E-state index in [1.807, 2.05) is 0 Å². The molecular weight excluding hydrogens is 456 g/mol. The van der Waals surface area contributed by atoms with Crippen molar-refractivity contribution in [2.45, 2.75) is 62.7 Å². The zero-order chi connectivity index (χ0) is 26.3. The highest BCUT2D eigenvalue weighted by atomic mass is 16.6. The Morgan fingerprint density at radius 2 is 1.48 bits per heavy atom. The molecular formula is C17H30N2O14. The number of nitrogens with two attached hydrogens (primary N) is 2. The largest absolute Gasteiger partial charge is 0.481 e. The van der Waals surface area contributed by atoms with Gasteiger partial charge in [0.1, 0.15) is 30.5 Å². The Balaban J connectivity index is 0. The van der Waals surface area contributed by atoms with Crippen LogP contribution in [0, 0.1) is 0 Å². The van der Waals surface area contributed by atoms with E-state index in [0.717, 1.165) is 0 Å². The van der Waals surface area contributed by atoms with Gasteiger partial charge in [0.25, 0.3) is 0 Å². The monoisotopic (exact) mass is 486 g/mol. The van der Waals surface area contributed by atoms with Crippen LogP contribution < -0.4 is 11.5 Å². The number of ether oxygens (including phenoxy) is 2. The third kappa shape index (κ3) is 14.9. The molecule has 0 amide bonds. The van der Waals surface area contributed by atoms with Crippen LogP contribution in [0.15, 0.2) is 0 Å². The Morgan fingerprint density at radius 3 is 1.91 bits per heavy atom. The van der Waals surface area contributed by atoms with E-state index in [9.17, 15) is 39.3 Å². The number of rotatable bonds is 13. The maximum Gasteiger partial charge on any atom is 0.338 e. The van der Waals surface area contributed by atoms with Gasteiger partial charge in [0.15, 0.2) is 6.10 Å². The molecule has 11 N–H and O–H groups in total. The van der Waals surface area contributed by atoms with Crippen LogP contribution in [-0.2, 0) is 33.4 Å². The predicted octanol–water partition coefficient (Wildman–Crippen LogP) is -4.96. The lowest BCUT2D eigenvalue weighted by Gasteiger charge is -2.25. The van der Waals surface area contributed by atoms with Crippen molar-refractivity contribution in [3.05, 3.63) is 0 Å². The lowest BCUT2D eigenvalue weighted by atomic mass is 10.0. The summed E-state index contributed by atoms with van der Waals surface area (Å²) in [5, 5.41) is 62.3. The van der Waals surface area contributed by atoms with Gasteiger partial charge in [-0.05, 0) is 13.3 Å². The lowest BCUT2D eigenvalue weighted by molar-refractivity contribution is -0.175. The minimum Gasteiger partial charge on any atom is -0.481 e. The summed E-state index contributed by atoms with van der Waals surface area (Å²) in [6, 6.07) is -1.13. The van der Waals surface area contributed by atoms with Crippen LogP contribution >= 0.6 is 0 Å². The van der Waals surface area contributed by atoms with Gasteiger partial charge in [-0.15, -0.1) is 0 Å². The first kappa shape index (κ1) is 32.4. The van der Waals surface area contributed by atoms with Crippen LogP contribution in [0.4, 0.5) is 0 Å². The van der Waals surface area contributed by atoms with Gasteiger partial charge in [-0.2, -0.15) is 0 Å². The Labute approximate surface area is 187 Å². The molecule has 192 valence electrons. The van der Waals surface area contributed by atoms with Gasteiger partial charge < -0.3 is 56.7 Å². The maximum atomic E-state index is 11.3. The molecule has 0 aromatic carbocycles. The molecule has 0 aromatic heterocycles. The second-order valence-electron chi connectivity index (χ2n) is 6.55. The molecule has 0 saturated carbocycles. The standard InChI is InChI=1S/C10H18O9.C7H12N2O5/c1-4(2-6(13)14)19-10(18)9(17)8(16)7(15)5(12)3-11;8-3-6(11)14-5(10)2-1-4(9)7(12)13/h4-5,7-9,11-12,15-17H,2-3H2,1H3,(H,13,14);4H,1-3,8-9H2,(H,12,13)/t4?,5-,7-,8+,9-;4-/m10/s1. The molecule has 0 bridgehead atoms. The minimum absolute atomic E-state index is 0.0774. The van der Waals surface area contributed by atoms with Gasteiger partial charge in [-0.1, -0.05) is 0 Å². The molecule has 6 atom stereocenters. The highest BCUT2D eigenvalue weighted by molar-refractivity contribution is 5.86. The Morgan fingerprint density at radius 1 is 0.939 bits per heavy atom. The van der Waals surface area contributed by atoms with Crippen molar-refractivity contribution in [3.8, 4) is 0 Å². The van der Waals surface area contributed by atoms with Crippen LogP contribution in [0.2, 0.25) is 0 Å². The van der Waals surface area contributed by atoms with Crippen LogP contribution in [-0.4, -0.2) is 115 Å². The first-order valence-corrected chi connectivity index (χ1v) is 9.35. The second kappa shape index (κ2) is 16.8. The third-order valence-corrected chi connectivity index (χ3v) is 3.65. The second-order valence-corrected chi connectivity index (χ2v) is 6.55. The van der Waals surface area contributed by atoms with Crippen molar-refractivity contribution in [2.75, 3.05) is 13.2 Å². The van der Waals surface area contributed by atoms with E-state index in [1.54, 1.807) is 0 Å². The molecule has 0 aliphatic carbocycles. The fraction of sp³-hybridized carbons (Fsp3) is 0.706. The van der Waals surface area contributed by atoms with Crippen molar-refractivity contribution in [1.29, 1.82) is 0 Å². The number of aliphatic hydroxyl groups is 5. The normalized spacial score (nSPS) is 16.0. The number of aliphatic hydroxyl groups excluding tert-OH is 5. The topological polar surface area (TPSA) is 297 Å². The first-order valence-electron chi connectivity index (χ1n) is 9.35. The minimum atomic E-state index is -2.17. The van der Waals surface area contributed by atoms with Crippen LogP contribution in [0.1, 0.15) is 26.2 Å². The molecule has 0 spiro atoms. The summed E-state index contributed by atoms with van der Waals surface area (Å²) >= 11 is 0. The molecule has 0 fully saturated rings. The van der Waals surface area contributed by atoms with Gasteiger partial charge in [0.2, 0.25) is 0 Å². The van der Waals surface area contributed by atoms with Gasteiger partial charge in [-0.3, -0.25) is 19.2 Å². The van der Waals surface area contributed by atoms with Crippen molar-refractivity contribution in [3.63, 3.8) is 0 Å². The number of hydrogen-bond acceptors (Lipinski definition) is 14. The molecule has 0 saturated heterocycles. The van der Waals surface area contributed by atoms with Crippen molar-refractivity contribution in [1.82, 2.24) is 0 Å². The number of carboxylic acids is 2. The van der Waals surface area contributed by atoms with Gasteiger partial charge in [-0.25, -0.2) is 4.79 Å². The number of hydrogen-bond donors (Lipinski definition) is 9. The average Bonchev–Trinajstić information content (AvgIpc) is 2.74. The number of carboxylic acid groups (broad SMARTS) is 2. The molecule has 33 heavy (non-hydrogen) atoms. The molecule has 0 aliphatic rings. The number of esters is 3. The highest BCUT2D eigenvalue weighted by Gasteiger charge is 2.35. The van der Waals surface area contributed by atoms with E-state index in [0.29, 0.717) is 0 Å². The predicted molar refractivity (Wildman–Crippen MR) is 104 cm³/mol. The van der Waals surface area contributed by atoms with Crippen molar-refractivity contribution >= 4 is 29.8 Å². The van der Waals surface area contributed by atoms with E-state index in [-0.39, 0.29) is 12.8 Å². The van der Waals surface area contributed by atoms with E-state index in [1.165, 1.54) is 6.92 Å². The van der Waals surface area contributed by atoms with Crippen LogP contribution in [0.5, 0.6) is 0 Å². The van der Waals surface area contributed by atoms with Gasteiger partial charge >= 0.3 is 29.8 Å². The Hall–Kier alpha value is -2.73. The summed E-state index contributed by atoms with van der Waals surface area (Å²) in [4.78, 5) is 53.1. The van der Waals surface area contributed by atoms with Gasteiger partial charge in [0, 0.05) is 6.42 Å². The molecule has 1 unspecified atom stereocenters. The first-order chi connectivity index (χ1) is 15.2. The summed E-state index contributed by atoms with van der Waals surface area (Å²) < 4.78 is 8.70. The quantitative estimate of drug-likeness (QED) is 0.0869. The summed E-state index contributed by atoms with van der Waals surface area (Å²) in [5.74, 6) is -5.43. The molecule has 16 heteroatoms.